The Morgan fingerprint density at radius 2 is 1.89 bits per heavy atom. The third kappa shape index (κ3) is 5.80. The molecule has 0 bridgehead atoms. The maximum Gasteiger partial charge on any atom is 0.191 e. The summed E-state index contributed by atoms with van der Waals surface area (Å²) in [5.41, 5.74) is 2.60. The van der Waals surface area contributed by atoms with Crippen LogP contribution in [0.25, 0.3) is 0 Å². The van der Waals surface area contributed by atoms with Gasteiger partial charge in [-0.2, -0.15) is 11.8 Å². The van der Waals surface area contributed by atoms with Crippen molar-refractivity contribution in [2.45, 2.75) is 46.3 Å². The molecule has 0 aliphatic carbocycles. The van der Waals surface area contributed by atoms with Gasteiger partial charge in [-0.05, 0) is 44.4 Å². The normalized spacial score (nSPS) is 24.0. The lowest BCUT2D eigenvalue weighted by atomic mass is 10.1. The molecule has 2 aliphatic rings. The fraction of sp³-hybridized carbons (Fsp3) is 0.682. The Kier molecular flexibility index (Phi) is 7.91. The number of likely N-dealkylation sites (tertiary alicyclic amines) is 1. The van der Waals surface area contributed by atoms with Gasteiger partial charge in [0.15, 0.2) is 5.96 Å². The summed E-state index contributed by atoms with van der Waals surface area (Å²) in [4.78, 5) is 9.88. The van der Waals surface area contributed by atoms with Gasteiger partial charge < -0.3 is 15.5 Å². The molecule has 2 heterocycles. The van der Waals surface area contributed by atoms with Crippen molar-refractivity contribution in [1.29, 1.82) is 0 Å². The number of rotatable bonds is 6. The number of aliphatic imine (C=N–C) groups is 1. The number of hydrogen-bond donors (Lipinski definition) is 2. The van der Waals surface area contributed by atoms with Crippen LogP contribution in [0.1, 0.15) is 33.3 Å². The highest BCUT2D eigenvalue weighted by Crippen LogP contribution is 2.21. The van der Waals surface area contributed by atoms with Crippen LogP contribution in [0.2, 0.25) is 0 Å². The monoisotopic (exact) mass is 403 g/mol. The highest BCUT2D eigenvalue weighted by atomic mass is 32.2. The van der Waals surface area contributed by atoms with E-state index in [2.05, 4.69) is 84.2 Å². The molecular formula is C22H37N5S. The summed E-state index contributed by atoms with van der Waals surface area (Å²) in [6.07, 6.45) is 0. The van der Waals surface area contributed by atoms with E-state index in [0.29, 0.717) is 24.5 Å². The van der Waals surface area contributed by atoms with Crippen LogP contribution in [-0.4, -0.2) is 67.2 Å². The van der Waals surface area contributed by atoms with Gasteiger partial charge in [0.1, 0.15) is 0 Å². The van der Waals surface area contributed by atoms with Gasteiger partial charge in [-0.25, -0.2) is 4.99 Å². The highest BCUT2D eigenvalue weighted by Gasteiger charge is 2.31. The number of thioether (sulfide) groups is 1. The third-order valence-corrected chi connectivity index (χ3v) is 6.71. The zero-order chi connectivity index (χ0) is 19.9. The molecule has 0 radical (unpaired) electrons. The summed E-state index contributed by atoms with van der Waals surface area (Å²) in [6.45, 7) is 15.2. The molecular weight excluding hydrogens is 366 g/mol. The molecule has 2 unspecified atom stereocenters. The summed E-state index contributed by atoms with van der Waals surface area (Å²) < 4.78 is 0. The van der Waals surface area contributed by atoms with E-state index in [1.165, 1.54) is 22.8 Å². The standard InChI is InChI=1S/C22H37N5S/c1-5-23-22(25-21-16-27(17(2)3)15-18(21)4)24-14-19-6-8-20(9-7-19)26-10-12-28-13-11-26/h6-9,17-18,21H,5,10-16H2,1-4H3,(H2,23,24,25). The van der Waals surface area contributed by atoms with Gasteiger partial charge >= 0.3 is 0 Å². The summed E-state index contributed by atoms with van der Waals surface area (Å²) in [6, 6.07) is 10.0. The van der Waals surface area contributed by atoms with Crippen molar-refractivity contribution in [1.82, 2.24) is 15.5 Å². The van der Waals surface area contributed by atoms with E-state index in [-0.39, 0.29) is 0 Å². The molecule has 156 valence electrons. The Balaban J connectivity index is 1.58. The van der Waals surface area contributed by atoms with Crippen LogP contribution in [0.4, 0.5) is 5.69 Å². The number of nitrogens with zero attached hydrogens (tertiary/aromatic N) is 3. The zero-order valence-corrected chi connectivity index (χ0v) is 18.8. The molecule has 0 amide bonds. The average molecular weight is 404 g/mol. The number of benzene rings is 1. The zero-order valence-electron chi connectivity index (χ0n) is 17.9. The summed E-state index contributed by atoms with van der Waals surface area (Å²) in [5, 5.41) is 7.09. The van der Waals surface area contributed by atoms with Crippen molar-refractivity contribution in [3.05, 3.63) is 29.8 Å². The number of hydrogen-bond acceptors (Lipinski definition) is 4. The predicted molar refractivity (Wildman–Crippen MR) is 124 cm³/mol. The smallest absolute Gasteiger partial charge is 0.191 e. The number of guanidine groups is 1. The minimum absolute atomic E-state index is 0.458. The van der Waals surface area contributed by atoms with Crippen LogP contribution in [-0.2, 0) is 6.54 Å². The first-order chi connectivity index (χ1) is 13.6. The second-order valence-corrected chi connectivity index (χ2v) is 9.46. The van der Waals surface area contributed by atoms with Crippen LogP contribution in [0.5, 0.6) is 0 Å². The lowest BCUT2D eigenvalue weighted by Crippen LogP contribution is -2.46. The average Bonchev–Trinajstić information content (AvgIpc) is 3.08. The maximum absolute atomic E-state index is 4.85. The maximum atomic E-state index is 4.85. The third-order valence-electron chi connectivity index (χ3n) is 5.77. The second kappa shape index (κ2) is 10.4. The largest absolute Gasteiger partial charge is 0.370 e. The molecule has 6 heteroatoms. The van der Waals surface area contributed by atoms with Gasteiger partial charge in [-0.15, -0.1) is 0 Å². The first-order valence-corrected chi connectivity index (χ1v) is 11.9. The molecule has 2 atom stereocenters. The van der Waals surface area contributed by atoms with Gasteiger partial charge in [0, 0.05) is 62.0 Å². The number of anilines is 1. The van der Waals surface area contributed by atoms with Crippen molar-refractivity contribution < 1.29 is 0 Å². The van der Waals surface area contributed by atoms with Gasteiger partial charge in [0.25, 0.3) is 0 Å². The summed E-state index contributed by atoms with van der Waals surface area (Å²) in [5.74, 6) is 4.03. The second-order valence-electron chi connectivity index (χ2n) is 8.24. The van der Waals surface area contributed by atoms with Crippen LogP contribution >= 0.6 is 11.8 Å². The number of nitrogens with one attached hydrogen (secondary N) is 2. The fourth-order valence-electron chi connectivity index (χ4n) is 3.91. The lowest BCUT2D eigenvalue weighted by molar-refractivity contribution is 0.265. The van der Waals surface area contributed by atoms with Crippen LogP contribution < -0.4 is 15.5 Å². The van der Waals surface area contributed by atoms with Gasteiger partial charge in [0.05, 0.1) is 6.54 Å². The molecule has 2 aliphatic heterocycles. The molecule has 1 aromatic carbocycles. The molecule has 0 spiro atoms. The molecule has 1 aromatic rings. The van der Waals surface area contributed by atoms with Crippen molar-refractivity contribution in [2.24, 2.45) is 10.9 Å². The first-order valence-electron chi connectivity index (χ1n) is 10.8. The SMILES string of the molecule is CCNC(=NCc1ccc(N2CCSCC2)cc1)NC1CN(C(C)C)CC1C. The minimum atomic E-state index is 0.458. The van der Waals surface area contributed by atoms with Crippen LogP contribution in [0.15, 0.2) is 29.3 Å². The van der Waals surface area contributed by atoms with Crippen LogP contribution in [0.3, 0.4) is 0 Å². The predicted octanol–water partition coefficient (Wildman–Crippen LogP) is 3.02. The Labute approximate surface area is 175 Å². The van der Waals surface area contributed by atoms with Gasteiger partial charge in [-0.3, -0.25) is 4.90 Å². The quantitative estimate of drug-likeness (QED) is 0.565. The molecule has 3 rings (SSSR count). The molecule has 28 heavy (non-hydrogen) atoms. The summed E-state index contributed by atoms with van der Waals surface area (Å²) in [7, 11) is 0. The van der Waals surface area contributed by atoms with Crippen molar-refractivity contribution in [3.63, 3.8) is 0 Å². The molecule has 5 nitrogen and oxygen atoms in total. The Bertz CT molecular complexity index is 624. The van der Waals surface area contributed by atoms with Gasteiger partial charge in [-0.1, -0.05) is 19.1 Å². The summed E-state index contributed by atoms with van der Waals surface area (Å²) >= 11 is 2.05. The Morgan fingerprint density at radius 1 is 1.18 bits per heavy atom. The molecule has 2 saturated heterocycles. The first kappa shape index (κ1) is 21.3. The Hall–Kier alpha value is -1.40. The van der Waals surface area contributed by atoms with Crippen molar-refractivity contribution in [2.75, 3.05) is 49.1 Å². The fourth-order valence-corrected chi connectivity index (χ4v) is 4.82. The van der Waals surface area contributed by atoms with E-state index < -0.39 is 0 Å². The lowest BCUT2D eigenvalue weighted by Gasteiger charge is -2.28. The van der Waals surface area contributed by atoms with E-state index in [9.17, 15) is 0 Å². The van der Waals surface area contributed by atoms with E-state index >= 15 is 0 Å². The molecule has 2 N–H and O–H groups in total. The van der Waals surface area contributed by atoms with Crippen LogP contribution in [0, 0.1) is 5.92 Å². The molecule has 2 fully saturated rings. The topological polar surface area (TPSA) is 42.9 Å². The van der Waals surface area contributed by atoms with Gasteiger partial charge in [0.2, 0.25) is 0 Å². The van der Waals surface area contributed by atoms with Crippen molar-refractivity contribution in [3.8, 4) is 0 Å². The highest BCUT2D eigenvalue weighted by molar-refractivity contribution is 7.99. The molecule has 0 saturated carbocycles. The van der Waals surface area contributed by atoms with E-state index in [1.54, 1.807) is 0 Å². The van der Waals surface area contributed by atoms with E-state index in [1.807, 2.05) is 0 Å². The van der Waals surface area contributed by atoms with E-state index in [4.69, 9.17) is 4.99 Å². The van der Waals surface area contributed by atoms with E-state index in [0.717, 1.165) is 38.7 Å². The Morgan fingerprint density at radius 3 is 2.50 bits per heavy atom. The van der Waals surface area contributed by atoms with Crippen molar-refractivity contribution >= 4 is 23.4 Å². The molecule has 0 aromatic heterocycles. The minimum Gasteiger partial charge on any atom is -0.370 e.